The topological polar surface area (TPSA) is 79.6 Å². The number of carbonyl (C=O) groups excluding carboxylic acids is 3. The summed E-state index contributed by atoms with van der Waals surface area (Å²) in [6.07, 6.45) is 2.97. The molecule has 6 nitrogen and oxygen atoms in total. The van der Waals surface area contributed by atoms with Gasteiger partial charge in [-0.05, 0) is 47.7 Å². The number of rotatable bonds is 5. The Bertz CT molecular complexity index is 896. The molecule has 0 aliphatic carbocycles. The van der Waals surface area contributed by atoms with E-state index in [9.17, 15) is 14.4 Å². The van der Waals surface area contributed by atoms with Gasteiger partial charge in [-0.15, -0.1) is 0 Å². The Hall–Kier alpha value is -2.22. The Labute approximate surface area is 163 Å². The van der Waals surface area contributed by atoms with Gasteiger partial charge >= 0.3 is 0 Å². The lowest BCUT2D eigenvalue weighted by atomic mass is 10.2. The fraction of sp³-hybridized carbons (Fsp3) is 0.118. The molecule has 2 heterocycles. The van der Waals surface area contributed by atoms with Gasteiger partial charge < -0.3 is 9.73 Å². The maximum Gasteiger partial charge on any atom is 0.293 e. The molecule has 1 aromatic carbocycles. The van der Waals surface area contributed by atoms with Gasteiger partial charge in [0, 0.05) is 13.1 Å². The summed E-state index contributed by atoms with van der Waals surface area (Å²) in [5.74, 6) is -0.662. The normalized spacial score (nSPS) is 15.8. The van der Waals surface area contributed by atoms with E-state index in [1.54, 1.807) is 30.3 Å². The van der Waals surface area contributed by atoms with Crippen LogP contribution in [0.5, 0.6) is 0 Å². The number of thioether (sulfide) groups is 1. The van der Waals surface area contributed by atoms with Crippen LogP contribution in [0.3, 0.4) is 0 Å². The highest BCUT2D eigenvalue weighted by Gasteiger charge is 2.34. The molecule has 1 saturated heterocycles. The van der Waals surface area contributed by atoms with Crippen LogP contribution < -0.4 is 5.32 Å². The van der Waals surface area contributed by atoms with Gasteiger partial charge in [0.25, 0.3) is 17.1 Å². The molecule has 0 atom stereocenters. The first-order valence-electron chi connectivity index (χ1n) is 7.48. The predicted molar refractivity (Wildman–Crippen MR) is 100 cm³/mol. The van der Waals surface area contributed by atoms with Crippen LogP contribution in [0.1, 0.15) is 16.1 Å². The molecular formula is C17H12Cl2N2O4S. The SMILES string of the molecule is O=C(NCCN1C(=O)SC(=Cc2ccc(Cl)c(Cl)c2)C1=O)c1ccco1. The van der Waals surface area contributed by atoms with Gasteiger partial charge in [0.15, 0.2) is 5.76 Å². The summed E-state index contributed by atoms with van der Waals surface area (Å²) in [5.41, 5.74) is 0.663. The van der Waals surface area contributed by atoms with Gasteiger partial charge in [0.05, 0.1) is 21.2 Å². The molecule has 1 aromatic heterocycles. The van der Waals surface area contributed by atoms with Crippen LogP contribution in [0, 0.1) is 0 Å². The second-order valence-corrected chi connectivity index (χ2v) is 7.05. The Morgan fingerprint density at radius 2 is 2.04 bits per heavy atom. The fourth-order valence-electron chi connectivity index (χ4n) is 2.22. The molecule has 0 saturated carbocycles. The first-order valence-corrected chi connectivity index (χ1v) is 9.05. The minimum Gasteiger partial charge on any atom is -0.459 e. The summed E-state index contributed by atoms with van der Waals surface area (Å²) >= 11 is 12.7. The Morgan fingerprint density at radius 1 is 1.23 bits per heavy atom. The molecular weight excluding hydrogens is 399 g/mol. The van der Waals surface area contributed by atoms with E-state index in [0.717, 1.165) is 16.7 Å². The van der Waals surface area contributed by atoms with Gasteiger partial charge in [0.1, 0.15) is 0 Å². The van der Waals surface area contributed by atoms with Crippen molar-refractivity contribution in [3.05, 3.63) is 62.9 Å². The minimum absolute atomic E-state index is 0.0653. The van der Waals surface area contributed by atoms with E-state index in [4.69, 9.17) is 27.6 Å². The summed E-state index contributed by atoms with van der Waals surface area (Å²) in [6, 6.07) is 8.05. The third-order valence-electron chi connectivity index (χ3n) is 3.48. The number of furan rings is 1. The molecule has 1 fully saturated rings. The summed E-state index contributed by atoms with van der Waals surface area (Å²) in [5, 5.41) is 2.96. The standard InChI is InChI=1S/C17H12Cl2N2O4S/c18-11-4-3-10(8-12(11)19)9-14-16(23)21(17(24)26-14)6-5-20-15(22)13-2-1-7-25-13/h1-4,7-9H,5-6H2,(H,20,22). The van der Waals surface area contributed by atoms with E-state index in [2.05, 4.69) is 5.32 Å². The molecule has 0 radical (unpaired) electrons. The maximum atomic E-state index is 12.4. The Balaban J connectivity index is 1.62. The van der Waals surface area contributed by atoms with Crippen LogP contribution in [-0.2, 0) is 4.79 Å². The molecule has 1 aliphatic rings. The van der Waals surface area contributed by atoms with Crippen molar-refractivity contribution in [2.75, 3.05) is 13.1 Å². The van der Waals surface area contributed by atoms with Crippen LogP contribution in [0.15, 0.2) is 45.9 Å². The minimum atomic E-state index is -0.418. The predicted octanol–water partition coefficient (Wildman–Crippen LogP) is 4.05. The third-order valence-corrected chi connectivity index (χ3v) is 5.13. The Kier molecular flexibility index (Phi) is 5.70. The van der Waals surface area contributed by atoms with E-state index in [1.165, 1.54) is 12.3 Å². The lowest BCUT2D eigenvalue weighted by molar-refractivity contribution is -0.122. The number of halogens is 2. The molecule has 134 valence electrons. The van der Waals surface area contributed by atoms with Gasteiger partial charge in [-0.25, -0.2) is 0 Å². The van der Waals surface area contributed by atoms with Crippen molar-refractivity contribution in [1.29, 1.82) is 0 Å². The first-order chi connectivity index (χ1) is 12.5. The van der Waals surface area contributed by atoms with Crippen molar-refractivity contribution in [1.82, 2.24) is 10.2 Å². The van der Waals surface area contributed by atoms with Gasteiger partial charge in [-0.2, -0.15) is 0 Å². The van der Waals surface area contributed by atoms with Crippen molar-refractivity contribution in [2.45, 2.75) is 0 Å². The smallest absolute Gasteiger partial charge is 0.293 e. The van der Waals surface area contributed by atoms with E-state index in [1.807, 2.05) is 0 Å². The number of hydrogen-bond acceptors (Lipinski definition) is 5. The lowest BCUT2D eigenvalue weighted by Gasteiger charge is -2.12. The van der Waals surface area contributed by atoms with Crippen LogP contribution >= 0.6 is 35.0 Å². The Morgan fingerprint density at radius 3 is 2.73 bits per heavy atom. The molecule has 3 rings (SSSR count). The lowest BCUT2D eigenvalue weighted by Crippen LogP contribution is -2.37. The van der Waals surface area contributed by atoms with Crippen molar-refractivity contribution >= 4 is 58.1 Å². The zero-order chi connectivity index (χ0) is 18.7. The monoisotopic (exact) mass is 410 g/mol. The number of hydrogen-bond donors (Lipinski definition) is 1. The van der Waals surface area contributed by atoms with Crippen molar-refractivity contribution < 1.29 is 18.8 Å². The summed E-state index contributed by atoms with van der Waals surface area (Å²) in [4.78, 5) is 37.6. The fourth-order valence-corrected chi connectivity index (χ4v) is 3.39. The van der Waals surface area contributed by atoms with E-state index < -0.39 is 17.1 Å². The quantitative estimate of drug-likeness (QED) is 0.751. The summed E-state index contributed by atoms with van der Waals surface area (Å²) in [6.45, 7) is 0.188. The maximum absolute atomic E-state index is 12.4. The molecule has 2 aromatic rings. The zero-order valence-electron chi connectivity index (χ0n) is 13.2. The second kappa shape index (κ2) is 7.99. The van der Waals surface area contributed by atoms with Gasteiger partial charge in [0.2, 0.25) is 0 Å². The largest absolute Gasteiger partial charge is 0.459 e. The number of amides is 3. The van der Waals surface area contributed by atoms with Crippen molar-refractivity contribution in [3.8, 4) is 0 Å². The first kappa shape index (κ1) is 18.6. The molecule has 1 N–H and O–H groups in total. The molecule has 1 aliphatic heterocycles. The highest BCUT2D eigenvalue weighted by atomic mass is 35.5. The summed E-state index contributed by atoms with van der Waals surface area (Å²) < 4.78 is 4.97. The average Bonchev–Trinajstić information content (AvgIpc) is 3.22. The van der Waals surface area contributed by atoms with E-state index in [0.29, 0.717) is 15.6 Å². The van der Waals surface area contributed by atoms with Gasteiger partial charge in [-0.1, -0.05) is 29.3 Å². The number of nitrogens with zero attached hydrogens (tertiary/aromatic N) is 1. The van der Waals surface area contributed by atoms with Crippen LogP contribution in [0.25, 0.3) is 6.08 Å². The van der Waals surface area contributed by atoms with Crippen molar-refractivity contribution in [3.63, 3.8) is 0 Å². The molecule has 9 heteroatoms. The number of carbonyl (C=O) groups is 3. The summed E-state index contributed by atoms with van der Waals surface area (Å²) in [7, 11) is 0. The van der Waals surface area contributed by atoms with Crippen molar-refractivity contribution in [2.24, 2.45) is 0 Å². The van der Waals surface area contributed by atoms with Crippen LogP contribution in [0.4, 0.5) is 4.79 Å². The van der Waals surface area contributed by atoms with E-state index in [-0.39, 0.29) is 23.8 Å². The number of imide groups is 1. The van der Waals surface area contributed by atoms with Crippen LogP contribution in [-0.4, -0.2) is 35.0 Å². The van der Waals surface area contributed by atoms with E-state index >= 15 is 0 Å². The molecule has 0 spiro atoms. The highest BCUT2D eigenvalue weighted by molar-refractivity contribution is 8.18. The molecule has 0 bridgehead atoms. The average molecular weight is 411 g/mol. The third kappa shape index (κ3) is 4.12. The number of benzene rings is 1. The second-order valence-electron chi connectivity index (χ2n) is 5.24. The molecule has 3 amide bonds. The highest BCUT2D eigenvalue weighted by Crippen LogP contribution is 2.33. The number of nitrogens with one attached hydrogen (secondary N) is 1. The van der Waals surface area contributed by atoms with Gasteiger partial charge in [-0.3, -0.25) is 19.3 Å². The van der Waals surface area contributed by atoms with Crippen LogP contribution in [0.2, 0.25) is 10.0 Å². The zero-order valence-corrected chi connectivity index (χ0v) is 15.5. The molecule has 26 heavy (non-hydrogen) atoms. The molecule has 0 unspecified atom stereocenters.